The number of aromatic nitrogens is 3. The molecule has 0 aliphatic rings. The zero-order valence-corrected chi connectivity index (χ0v) is 16.2. The maximum absolute atomic E-state index is 13.5. The van der Waals surface area contributed by atoms with E-state index in [1.165, 1.54) is 30.8 Å². The Kier molecular flexibility index (Phi) is 6.82. The van der Waals surface area contributed by atoms with E-state index in [1.54, 1.807) is 6.20 Å². The zero-order valence-electron chi connectivity index (χ0n) is 15.3. The Balaban J connectivity index is 2.05. The molecule has 0 spiro atoms. The lowest BCUT2D eigenvalue weighted by molar-refractivity contribution is -0.272. The van der Waals surface area contributed by atoms with Gasteiger partial charge in [-0.05, 0) is 13.8 Å². The lowest BCUT2D eigenvalue weighted by atomic mass is 9.97. The number of halogens is 3. The van der Waals surface area contributed by atoms with Gasteiger partial charge >= 0.3 is 6.18 Å². The lowest BCUT2D eigenvalue weighted by Crippen LogP contribution is -2.47. The van der Waals surface area contributed by atoms with Crippen LogP contribution in [0.1, 0.15) is 29.1 Å². The van der Waals surface area contributed by atoms with E-state index in [-0.39, 0.29) is 6.54 Å². The van der Waals surface area contributed by atoms with E-state index >= 15 is 0 Å². The normalized spacial score (nSPS) is 14.9. The summed E-state index contributed by atoms with van der Waals surface area (Å²) < 4.78 is 41.7. The van der Waals surface area contributed by atoms with E-state index in [9.17, 15) is 18.3 Å². The minimum atomic E-state index is -4.86. The molecular formula is C16H23F3N6OS. The van der Waals surface area contributed by atoms with Crippen molar-refractivity contribution in [2.75, 3.05) is 13.1 Å². The highest BCUT2D eigenvalue weighted by molar-refractivity contribution is 7.11. The summed E-state index contributed by atoms with van der Waals surface area (Å²) in [5.74, 6) is -0.0910. The number of nitrogens with one attached hydrogen (secondary N) is 2. The van der Waals surface area contributed by atoms with Gasteiger partial charge < -0.3 is 20.3 Å². The monoisotopic (exact) mass is 404 g/mol. The number of hydrogen-bond donors (Lipinski definition) is 3. The molecule has 2 heterocycles. The Morgan fingerprint density at radius 2 is 2.07 bits per heavy atom. The summed E-state index contributed by atoms with van der Waals surface area (Å²) in [5, 5.41) is 16.9. The van der Waals surface area contributed by atoms with E-state index in [0.29, 0.717) is 19.0 Å². The number of nitrogens with zero attached hydrogens (tertiary/aromatic N) is 4. The van der Waals surface area contributed by atoms with Crippen LogP contribution < -0.4 is 10.6 Å². The second-order valence-electron chi connectivity index (χ2n) is 5.96. The number of rotatable bonds is 7. The first kappa shape index (κ1) is 21.2. The van der Waals surface area contributed by atoms with Crippen molar-refractivity contribution < 1.29 is 18.3 Å². The molecule has 7 nitrogen and oxygen atoms in total. The van der Waals surface area contributed by atoms with E-state index < -0.39 is 24.0 Å². The van der Waals surface area contributed by atoms with E-state index in [0.717, 1.165) is 14.5 Å². The standard InChI is InChI=1S/C16H23F3N6OS/c1-4-20-14(24-10-12-23-9-11(2)27-12)22-6-5-15(26,16(17,18)19)13-21-7-8-25(13)3/h7-9,26H,4-6,10H2,1-3H3,(H2,20,22,24). The fourth-order valence-corrected chi connectivity index (χ4v) is 3.18. The van der Waals surface area contributed by atoms with E-state index in [1.807, 2.05) is 13.8 Å². The molecule has 0 radical (unpaired) electrons. The van der Waals surface area contributed by atoms with Gasteiger partial charge in [0, 0.05) is 50.0 Å². The predicted octanol–water partition coefficient (Wildman–Crippen LogP) is 2.08. The van der Waals surface area contributed by atoms with Crippen LogP contribution in [0.3, 0.4) is 0 Å². The number of alkyl halides is 3. The van der Waals surface area contributed by atoms with Crippen molar-refractivity contribution in [3.63, 3.8) is 0 Å². The zero-order chi connectivity index (χ0) is 20.1. The lowest BCUT2D eigenvalue weighted by Gasteiger charge is -2.30. The van der Waals surface area contributed by atoms with Crippen molar-refractivity contribution in [3.05, 3.63) is 34.3 Å². The second-order valence-corrected chi connectivity index (χ2v) is 7.28. The average molecular weight is 404 g/mol. The van der Waals surface area contributed by atoms with Gasteiger partial charge in [-0.1, -0.05) is 0 Å². The molecular weight excluding hydrogens is 381 g/mol. The molecule has 1 atom stereocenters. The van der Waals surface area contributed by atoms with Crippen LogP contribution >= 0.6 is 11.3 Å². The molecule has 0 aliphatic carbocycles. The third kappa shape index (κ3) is 5.19. The maximum Gasteiger partial charge on any atom is 0.424 e. The molecule has 11 heteroatoms. The molecule has 3 N–H and O–H groups in total. The highest BCUT2D eigenvalue weighted by Gasteiger charge is 2.57. The summed E-state index contributed by atoms with van der Waals surface area (Å²) >= 11 is 1.51. The molecule has 2 aromatic rings. The van der Waals surface area contributed by atoms with Crippen molar-refractivity contribution in [1.82, 2.24) is 25.2 Å². The Hall–Kier alpha value is -2.14. The molecule has 150 valence electrons. The summed E-state index contributed by atoms with van der Waals surface area (Å²) in [4.78, 5) is 13.3. The Morgan fingerprint density at radius 1 is 1.33 bits per heavy atom. The first-order valence-electron chi connectivity index (χ1n) is 8.37. The maximum atomic E-state index is 13.5. The van der Waals surface area contributed by atoms with Gasteiger partial charge in [0.15, 0.2) is 5.96 Å². The molecule has 27 heavy (non-hydrogen) atoms. The Morgan fingerprint density at radius 3 is 2.59 bits per heavy atom. The minimum Gasteiger partial charge on any atom is -0.374 e. The molecule has 0 fully saturated rings. The third-order valence-electron chi connectivity index (χ3n) is 3.83. The van der Waals surface area contributed by atoms with Crippen molar-refractivity contribution in [3.8, 4) is 0 Å². The molecule has 0 aliphatic heterocycles. The van der Waals surface area contributed by atoms with Crippen molar-refractivity contribution in [1.29, 1.82) is 0 Å². The number of imidazole rings is 1. The second kappa shape index (κ2) is 8.70. The van der Waals surface area contributed by atoms with Gasteiger partial charge in [0.25, 0.3) is 0 Å². The Labute approximate surface area is 159 Å². The van der Waals surface area contributed by atoms with Crippen LogP contribution in [0, 0.1) is 6.92 Å². The Bertz CT molecular complexity index is 772. The molecule has 0 bridgehead atoms. The molecule has 0 saturated heterocycles. The van der Waals surface area contributed by atoms with Crippen molar-refractivity contribution >= 4 is 17.3 Å². The molecule has 0 aromatic carbocycles. The first-order valence-corrected chi connectivity index (χ1v) is 9.19. The SMILES string of the molecule is CCNC(=NCc1ncc(C)s1)NCCC(O)(c1nccn1C)C(F)(F)F. The quantitative estimate of drug-likeness (QED) is 0.486. The minimum absolute atomic E-state index is 0.147. The van der Waals surface area contributed by atoms with Crippen LogP contribution in [0.25, 0.3) is 0 Å². The molecule has 2 rings (SSSR count). The van der Waals surface area contributed by atoms with Crippen molar-refractivity contribution in [2.45, 2.75) is 38.6 Å². The number of aryl methyl sites for hydroxylation is 2. The third-order valence-corrected chi connectivity index (χ3v) is 4.72. The summed E-state index contributed by atoms with van der Waals surface area (Å²) in [6.45, 7) is 4.50. The van der Waals surface area contributed by atoms with E-state index in [2.05, 4.69) is 25.6 Å². The fourth-order valence-electron chi connectivity index (χ4n) is 2.47. The van der Waals surface area contributed by atoms with Gasteiger partial charge in [-0.25, -0.2) is 15.0 Å². The average Bonchev–Trinajstić information content (AvgIpc) is 3.19. The van der Waals surface area contributed by atoms with Crippen LogP contribution in [0.15, 0.2) is 23.6 Å². The fraction of sp³-hybridized carbons (Fsp3) is 0.562. The van der Waals surface area contributed by atoms with E-state index in [4.69, 9.17) is 0 Å². The highest BCUT2D eigenvalue weighted by Crippen LogP contribution is 2.40. The molecule has 2 aromatic heterocycles. The summed E-state index contributed by atoms with van der Waals surface area (Å²) in [5.41, 5.74) is -3.05. The van der Waals surface area contributed by atoms with Crippen LogP contribution in [-0.2, 0) is 19.2 Å². The number of hydrogen-bond acceptors (Lipinski definition) is 5. The smallest absolute Gasteiger partial charge is 0.374 e. The topological polar surface area (TPSA) is 87.4 Å². The summed E-state index contributed by atoms with van der Waals surface area (Å²) in [6.07, 6.45) is -1.14. The summed E-state index contributed by atoms with van der Waals surface area (Å²) in [6, 6.07) is 0. The van der Waals surface area contributed by atoms with Gasteiger partial charge in [-0.15, -0.1) is 11.3 Å². The molecule has 0 amide bonds. The number of thiazole rings is 1. The highest BCUT2D eigenvalue weighted by atomic mass is 32.1. The molecule has 0 saturated carbocycles. The van der Waals surface area contributed by atoms with Crippen LogP contribution in [0.4, 0.5) is 13.2 Å². The van der Waals surface area contributed by atoms with Gasteiger partial charge in [-0.2, -0.15) is 13.2 Å². The van der Waals surface area contributed by atoms with Crippen LogP contribution in [-0.4, -0.2) is 44.9 Å². The van der Waals surface area contributed by atoms with Crippen LogP contribution in [0.5, 0.6) is 0 Å². The van der Waals surface area contributed by atoms with Gasteiger partial charge in [0.05, 0.1) is 6.54 Å². The molecule has 1 unspecified atom stereocenters. The first-order chi connectivity index (χ1) is 12.7. The summed E-state index contributed by atoms with van der Waals surface area (Å²) in [7, 11) is 1.41. The number of aliphatic imine (C=N–C) groups is 1. The predicted molar refractivity (Wildman–Crippen MR) is 97.4 cm³/mol. The number of guanidine groups is 1. The van der Waals surface area contributed by atoms with Crippen molar-refractivity contribution in [2.24, 2.45) is 12.0 Å². The van der Waals surface area contributed by atoms with Crippen LogP contribution in [0.2, 0.25) is 0 Å². The van der Waals surface area contributed by atoms with Gasteiger partial charge in [-0.3, -0.25) is 0 Å². The largest absolute Gasteiger partial charge is 0.424 e. The number of aliphatic hydroxyl groups is 1. The van der Waals surface area contributed by atoms with Gasteiger partial charge in [0.2, 0.25) is 5.60 Å². The van der Waals surface area contributed by atoms with Gasteiger partial charge in [0.1, 0.15) is 10.8 Å².